The highest BCUT2D eigenvalue weighted by Crippen LogP contribution is 2.18. The zero-order valence-electron chi connectivity index (χ0n) is 11.2. The van der Waals surface area contributed by atoms with Crippen LogP contribution in [0.5, 0.6) is 0 Å². The molecule has 0 aromatic heterocycles. The normalized spacial score (nSPS) is 10.8. The lowest BCUT2D eigenvalue weighted by atomic mass is 10.1. The summed E-state index contributed by atoms with van der Waals surface area (Å²) in [6.07, 6.45) is 0. The van der Waals surface area contributed by atoms with Crippen molar-refractivity contribution in [2.45, 2.75) is 6.92 Å². The van der Waals surface area contributed by atoms with Crippen LogP contribution in [-0.4, -0.2) is 18.4 Å². The summed E-state index contributed by atoms with van der Waals surface area (Å²) in [6, 6.07) is 18.7. The molecule has 0 heterocycles. The van der Waals surface area contributed by atoms with Crippen molar-refractivity contribution >= 4 is 23.1 Å². The largest absolute Gasteiger partial charge is 0.477 e. The first-order chi connectivity index (χ1) is 9.85. The summed E-state index contributed by atoms with van der Waals surface area (Å²) >= 11 is 0. The molecule has 100 valence electrons. The molecule has 0 saturated carbocycles. The Kier molecular flexibility index (Phi) is 4.87. The Balaban J connectivity index is 2.42. The number of ether oxygens (including phenoxy) is 1. The second kappa shape index (κ2) is 7.07. The van der Waals surface area contributed by atoms with Crippen LogP contribution in [0.4, 0.5) is 5.69 Å². The average molecular weight is 265 g/mol. The molecule has 0 saturated heterocycles. The highest BCUT2D eigenvalue weighted by atomic mass is 16.5. The fourth-order valence-electron chi connectivity index (χ4n) is 1.75. The highest BCUT2D eigenvalue weighted by Gasteiger charge is 2.12. The van der Waals surface area contributed by atoms with E-state index in [1.807, 2.05) is 73.5 Å². The molecule has 0 atom stereocenters. The van der Waals surface area contributed by atoms with Crippen LogP contribution in [-0.2, 0) is 9.53 Å². The molecule has 3 heteroatoms. The average Bonchev–Trinajstić information content (AvgIpc) is 2.50. The second-order valence-corrected chi connectivity index (χ2v) is 4.03. The van der Waals surface area contributed by atoms with Crippen LogP contribution in [0.1, 0.15) is 12.5 Å². The van der Waals surface area contributed by atoms with Crippen molar-refractivity contribution in [1.82, 2.24) is 0 Å². The Labute approximate surface area is 118 Å². The molecular weight excluding hydrogens is 250 g/mol. The van der Waals surface area contributed by atoms with Crippen molar-refractivity contribution < 1.29 is 9.53 Å². The lowest BCUT2D eigenvalue weighted by Crippen LogP contribution is -2.08. The SMILES string of the molecule is CCOC(=Nc1ccccc1)C(=C=O)c1ccccc1. The fraction of sp³-hybridized carbons (Fsp3) is 0.118. The number of nitrogens with zero attached hydrogens (tertiary/aromatic N) is 1. The predicted octanol–water partition coefficient (Wildman–Crippen LogP) is 3.67. The number of aliphatic imine (C=N–C) groups is 1. The topological polar surface area (TPSA) is 38.7 Å². The van der Waals surface area contributed by atoms with Gasteiger partial charge in [-0.1, -0.05) is 48.5 Å². The highest BCUT2D eigenvalue weighted by molar-refractivity contribution is 6.28. The molecule has 0 aliphatic heterocycles. The van der Waals surface area contributed by atoms with Gasteiger partial charge in [-0.3, -0.25) is 0 Å². The molecule has 0 amide bonds. The van der Waals surface area contributed by atoms with E-state index in [0.29, 0.717) is 18.1 Å². The quantitative estimate of drug-likeness (QED) is 0.480. The first-order valence-electron chi connectivity index (χ1n) is 6.42. The van der Waals surface area contributed by atoms with Gasteiger partial charge < -0.3 is 4.74 Å². The molecule has 0 spiro atoms. The van der Waals surface area contributed by atoms with Gasteiger partial charge in [0, 0.05) is 0 Å². The molecule has 2 aromatic rings. The Bertz CT molecular complexity index is 627. The van der Waals surface area contributed by atoms with E-state index in [1.165, 1.54) is 0 Å². The van der Waals surface area contributed by atoms with Crippen LogP contribution >= 0.6 is 0 Å². The minimum Gasteiger partial charge on any atom is -0.477 e. The molecule has 0 aliphatic carbocycles. The molecular formula is C17H15NO2. The predicted molar refractivity (Wildman–Crippen MR) is 80.7 cm³/mol. The van der Waals surface area contributed by atoms with E-state index in [9.17, 15) is 4.79 Å². The molecule has 0 aliphatic rings. The van der Waals surface area contributed by atoms with Gasteiger partial charge in [0.2, 0.25) is 5.90 Å². The van der Waals surface area contributed by atoms with E-state index < -0.39 is 0 Å². The van der Waals surface area contributed by atoms with Gasteiger partial charge in [-0.05, 0) is 24.6 Å². The maximum Gasteiger partial charge on any atom is 0.233 e. The molecule has 2 aromatic carbocycles. The first kappa shape index (κ1) is 13.8. The minimum absolute atomic E-state index is 0.292. The van der Waals surface area contributed by atoms with Crippen LogP contribution in [0.15, 0.2) is 65.7 Å². The number of carbonyl (C=O) groups excluding carboxylic acids is 1. The fourth-order valence-corrected chi connectivity index (χ4v) is 1.75. The molecule has 3 nitrogen and oxygen atoms in total. The Morgan fingerprint density at radius 2 is 1.65 bits per heavy atom. The number of hydrogen-bond donors (Lipinski definition) is 0. The smallest absolute Gasteiger partial charge is 0.233 e. The lowest BCUT2D eigenvalue weighted by Gasteiger charge is -2.08. The molecule has 20 heavy (non-hydrogen) atoms. The third-order valence-electron chi connectivity index (χ3n) is 2.65. The Hall–Kier alpha value is -2.64. The molecule has 0 bridgehead atoms. The standard InChI is InChI=1S/C17H15NO2/c1-2-20-17(18-15-11-7-4-8-12-15)16(13-19)14-9-5-3-6-10-14/h3-12H,2H2,1H3. The van der Waals surface area contributed by atoms with Gasteiger partial charge in [0.05, 0.1) is 12.3 Å². The molecule has 0 N–H and O–H groups in total. The van der Waals surface area contributed by atoms with Gasteiger partial charge in [-0.15, -0.1) is 0 Å². The summed E-state index contributed by atoms with van der Waals surface area (Å²) < 4.78 is 5.50. The van der Waals surface area contributed by atoms with Crippen LogP contribution < -0.4 is 0 Å². The van der Waals surface area contributed by atoms with E-state index in [4.69, 9.17) is 4.74 Å². The van der Waals surface area contributed by atoms with Gasteiger partial charge in [0.1, 0.15) is 11.5 Å². The van der Waals surface area contributed by atoms with Crippen LogP contribution in [0.25, 0.3) is 5.57 Å². The third kappa shape index (κ3) is 3.44. The second-order valence-electron chi connectivity index (χ2n) is 4.03. The zero-order chi connectivity index (χ0) is 14.2. The summed E-state index contributed by atoms with van der Waals surface area (Å²) in [6.45, 7) is 2.29. The molecule has 0 unspecified atom stereocenters. The Morgan fingerprint density at radius 1 is 1.05 bits per heavy atom. The van der Waals surface area contributed by atoms with Crippen LogP contribution in [0.3, 0.4) is 0 Å². The first-order valence-corrected chi connectivity index (χ1v) is 6.42. The van der Waals surface area contributed by atoms with E-state index in [-0.39, 0.29) is 0 Å². The number of hydrogen-bond acceptors (Lipinski definition) is 3. The minimum atomic E-state index is 0.292. The van der Waals surface area contributed by atoms with Crippen molar-refractivity contribution in [3.8, 4) is 0 Å². The van der Waals surface area contributed by atoms with Crippen LogP contribution in [0, 0.1) is 0 Å². The number of para-hydroxylation sites is 1. The van der Waals surface area contributed by atoms with Gasteiger partial charge >= 0.3 is 0 Å². The third-order valence-corrected chi connectivity index (χ3v) is 2.65. The van der Waals surface area contributed by atoms with Gasteiger partial charge in [-0.2, -0.15) is 0 Å². The van der Waals surface area contributed by atoms with Gasteiger partial charge in [0.15, 0.2) is 0 Å². The molecule has 2 rings (SSSR count). The maximum atomic E-state index is 11.3. The van der Waals surface area contributed by atoms with Crippen molar-refractivity contribution in [1.29, 1.82) is 0 Å². The summed E-state index contributed by atoms with van der Waals surface area (Å²) in [7, 11) is 0. The number of rotatable bonds is 4. The van der Waals surface area contributed by atoms with Crippen molar-refractivity contribution in [2.75, 3.05) is 6.61 Å². The molecule has 0 radical (unpaired) electrons. The monoisotopic (exact) mass is 265 g/mol. The van der Waals surface area contributed by atoms with E-state index in [1.54, 1.807) is 0 Å². The van der Waals surface area contributed by atoms with E-state index in [2.05, 4.69) is 4.99 Å². The maximum absolute atomic E-state index is 11.3. The molecule has 0 fully saturated rings. The van der Waals surface area contributed by atoms with Crippen molar-refractivity contribution in [3.05, 3.63) is 66.2 Å². The lowest BCUT2D eigenvalue weighted by molar-refractivity contribution is 0.332. The van der Waals surface area contributed by atoms with Crippen LogP contribution in [0.2, 0.25) is 0 Å². The Morgan fingerprint density at radius 3 is 2.20 bits per heavy atom. The summed E-state index contributed by atoms with van der Waals surface area (Å²) in [5, 5.41) is 0. The summed E-state index contributed by atoms with van der Waals surface area (Å²) in [5.74, 6) is 2.23. The number of benzene rings is 2. The summed E-state index contributed by atoms with van der Waals surface area (Å²) in [4.78, 5) is 15.7. The zero-order valence-corrected chi connectivity index (χ0v) is 11.2. The van der Waals surface area contributed by atoms with Crippen molar-refractivity contribution in [2.24, 2.45) is 4.99 Å². The van der Waals surface area contributed by atoms with Gasteiger partial charge in [-0.25, -0.2) is 9.79 Å². The van der Waals surface area contributed by atoms with Crippen molar-refractivity contribution in [3.63, 3.8) is 0 Å². The summed E-state index contributed by atoms with van der Waals surface area (Å²) in [5.41, 5.74) is 1.81. The van der Waals surface area contributed by atoms with Gasteiger partial charge in [0.25, 0.3) is 0 Å². The van der Waals surface area contributed by atoms with E-state index in [0.717, 1.165) is 11.3 Å². The van der Waals surface area contributed by atoms with E-state index >= 15 is 0 Å².